The van der Waals surface area contributed by atoms with Crippen LogP contribution in [0, 0.1) is 6.92 Å². The Kier molecular flexibility index (Phi) is 4.91. The minimum atomic E-state index is -1.02. The van der Waals surface area contributed by atoms with Gasteiger partial charge in [-0.05, 0) is 24.6 Å². The van der Waals surface area contributed by atoms with Crippen LogP contribution in [0.5, 0.6) is 0 Å². The molecule has 0 aromatic heterocycles. The highest BCUT2D eigenvalue weighted by molar-refractivity contribution is 9.11. The molecule has 0 aliphatic heterocycles. The van der Waals surface area contributed by atoms with Crippen molar-refractivity contribution in [1.82, 2.24) is 5.32 Å². The Morgan fingerprint density at radius 3 is 2.67 bits per heavy atom. The van der Waals surface area contributed by atoms with Crippen LogP contribution in [-0.4, -0.2) is 23.7 Å². The molecule has 5 nitrogen and oxygen atoms in total. The van der Waals surface area contributed by atoms with Gasteiger partial charge in [-0.2, -0.15) is 0 Å². The van der Waals surface area contributed by atoms with Crippen molar-refractivity contribution in [3.63, 3.8) is 0 Å². The highest BCUT2D eigenvalue weighted by Gasteiger charge is 2.09. The van der Waals surface area contributed by atoms with E-state index in [4.69, 9.17) is 5.11 Å². The molecule has 0 saturated heterocycles. The molecule has 0 bridgehead atoms. The van der Waals surface area contributed by atoms with Gasteiger partial charge >= 0.3 is 12.0 Å². The van der Waals surface area contributed by atoms with Gasteiger partial charge in [-0.15, -0.1) is 0 Å². The SMILES string of the molecule is C=C(Br)CNC(=O)Nc1ccc(C)c(C(=O)O)c1. The summed E-state index contributed by atoms with van der Waals surface area (Å²) in [6, 6.07) is 4.28. The zero-order chi connectivity index (χ0) is 13.7. The Bertz CT molecular complexity index is 500. The highest BCUT2D eigenvalue weighted by atomic mass is 79.9. The molecule has 0 heterocycles. The van der Waals surface area contributed by atoms with E-state index < -0.39 is 12.0 Å². The molecular weight excluding hydrogens is 300 g/mol. The number of aryl methyl sites for hydroxylation is 1. The van der Waals surface area contributed by atoms with Crippen LogP contribution in [0.3, 0.4) is 0 Å². The van der Waals surface area contributed by atoms with Gasteiger partial charge in [0.1, 0.15) is 0 Å². The number of urea groups is 1. The second-order valence-corrected chi connectivity index (χ2v) is 4.78. The van der Waals surface area contributed by atoms with Gasteiger partial charge in [-0.3, -0.25) is 0 Å². The van der Waals surface area contributed by atoms with E-state index in [2.05, 4.69) is 33.1 Å². The number of halogens is 1. The first-order chi connectivity index (χ1) is 8.40. The fraction of sp³-hybridized carbons (Fsp3) is 0.167. The number of anilines is 1. The topological polar surface area (TPSA) is 78.4 Å². The summed E-state index contributed by atoms with van der Waals surface area (Å²) >= 11 is 3.11. The number of carboxylic acid groups (broad SMARTS) is 1. The van der Waals surface area contributed by atoms with Gasteiger partial charge in [0, 0.05) is 10.2 Å². The largest absolute Gasteiger partial charge is 0.478 e. The number of carbonyl (C=O) groups excluding carboxylic acids is 1. The first-order valence-electron chi connectivity index (χ1n) is 5.12. The van der Waals surface area contributed by atoms with E-state index in [1.54, 1.807) is 19.1 Å². The van der Waals surface area contributed by atoms with E-state index in [9.17, 15) is 9.59 Å². The second-order valence-electron chi connectivity index (χ2n) is 3.66. The Morgan fingerprint density at radius 2 is 2.11 bits per heavy atom. The van der Waals surface area contributed by atoms with Crippen LogP contribution >= 0.6 is 15.9 Å². The van der Waals surface area contributed by atoms with Crippen LogP contribution in [0.4, 0.5) is 10.5 Å². The maximum absolute atomic E-state index is 11.5. The lowest BCUT2D eigenvalue weighted by Gasteiger charge is -2.08. The van der Waals surface area contributed by atoms with Gasteiger partial charge in [0.25, 0.3) is 0 Å². The van der Waals surface area contributed by atoms with Crippen molar-refractivity contribution < 1.29 is 14.7 Å². The molecule has 2 amide bonds. The molecule has 0 atom stereocenters. The number of amides is 2. The average molecular weight is 313 g/mol. The standard InChI is InChI=1S/C12H13BrN2O3/c1-7-3-4-9(5-10(7)11(16)17)15-12(18)14-6-8(2)13/h3-5H,2,6H2,1H3,(H,16,17)(H2,14,15,18). The zero-order valence-corrected chi connectivity index (χ0v) is 11.4. The van der Waals surface area contributed by atoms with Gasteiger partial charge in [-0.25, -0.2) is 9.59 Å². The molecule has 3 N–H and O–H groups in total. The minimum Gasteiger partial charge on any atom is -0.478 e. The third kappa shape index (κ3) is 4.21. The van der Waals surface area contributed by atoms with Crippen molar-refractivity contribution in [3.05, 3.63) is 40.4 Å². The van der Waals surface area contributed by atoms with Crippen LogP contribution < -0.4 is 10.6 Å². The molecule has 0 radical (unpaired) electrons. The molecule has 0 spiro atoms. The molecular formula is C12H13BrN2O3. The van der Waals surface area contributed by atoms with E-state index in [0.717, 1.165) is 0 Å². The number of rotatable bonds is 4. The molecule has 1 aromatic carbocycles. The molecule has 96 valence electrons. The number of carbonyl (C=O) groups is 2. The molecule has 1 aromatic rings. The molecule has 18 heavy (non-hydrogen) atoms. The van der Waals surface area contributed by atoms with Crippen LogP contribution in [0.1, 0.15) is 15.9 Å². The van der Waals surface area contributed by atoms with Crippen molar-refractivity contribution in [3.8, 4) is 0 Å². The monoisotopic (exact) mass is 312 g/mol. The molecule has 0 aliphatic rings. The summed E-state index contributed by atoms with van der Waals surface area (Å²) < 4.78 is 0.646. The minimum absolute atomic E-state index is 0.165. The van der Waals surface area contributed by atoms with E-state index in [1.165, 1.54) is 6.07 Å². The summed E-state index contributed by atoms with van der Waals surface area (Å²) in [5, 5.41) is 14.0. The van der Waals surface area contributed by atoms with E-state index in [0.29, 0.717) is 22.3 Å². The maximum Gasteiger partial charge on any atom is 0.336 e. The summed E-state index contributed by atoms with van der Waals surface area (Å²) in [5.41, 5.74) is 1.23. The van der Waals surface area contributed by atoms with Crippen molar-refractivity contribution in [2.75, 3.05) is 11.9 Å². The summed E-state index contributed by atoms with van der Waals surface area (Å²) in [5.74, 6) is -1.02. The number of aromatic carboxylic acids is 1. The normalized spacial score (nSPS) is 9.67. The van der Waals surface area contributed by atoms with Crippen molar-refractivity contribution in [1.29, 1.82) is 0 Å². The first kappa shape index (κ1) is 14.2. The Balaban J connectivity index is 2.73. The lowest BCUT2D eigenvalue weighted by atomic mass is 10.1. The summed E-state index contributed by atoms with van der Waals surface area (Å²) in [7, 11) is 0. The predicted octanol–water partition coefficient (Wildman–Crippen LogP) is 2.72. The summed E-state index contributed by atoms with van der Waals surface area (Å²) in [6.07, 6.45) is 0. The van der Waals surface area contributed by atoms with Crippen LogP contribution in [0.2, 0.25) is 0 Å². The smallest absolute Gasteiger partial charge is 0.336 e. The predicted molar refractivity (Wildman–Crippen MR) is 73.2 cm³/mol. The van der Waals surface area contributed by atoms with Crippen molar-refractivity contribution in [2.24, 2.45) is 0 Å². The van der Waals surface area contributed by atoms with Gasteiger partial charge in [-0.1, -0.05) is 28.6 Å². The van der Waals surface area contributed by atoms with Crippen LogP contribution in [0.25, 0.3) is 0 Å². The van der Waals surface area contributed by atoms with Crippen LogP contribution in [0.15, 0.2) is 29.3 Å². The van der Waals surface area contributed by atoms with E-state index in [-0.39, 0.29) is 5.56 Å². The molecule has 0 unspecified atom stereocenters. The average Bonchev–Trinajstić information content (AvgIpc) is 2.28. The molecule has 6 heteroatoms. The van der Waals surface area contributed by atoms with Crippen molar-refractivity contribution in [2.45, 2.75) is 6.92 Å². The molecule has 0 aliphatic carbocycles. The number of hydrogen-bond donors (Lipinski definition) is 3. The summed E-state index contributed by atoms with van der Waals surface area (Å²) in [6.45, 7) is 5.57. The quantitative estimate of drug-likeness (QED) is 0.800. The second kappa shape index (κ2) is 6.20. The van der Waals surface area contributed by atoms with E-state index in [1.807, 2.05) is 0 Å². The van der Waals surface area contributed by atoms with Gasteiger partial charge in [0.2, 0.25) is 0 Å². The Labute approximate surface area is 113 Å². The lowest BCUT2D eigenvalue weighted by molar-refractivity contribution is 0.0696. The third-order valence-electron chi connectivity index (χ3n) is 2.17. The fourth-order valence-electron chi connectivity index (χ4n) is 1.28. The number of hydrogen-bond acceptors (Lipinski definition) is 2. The van der Waals surface area contributed by atoms with Gasteiger partial charge in [0.15, 0.2) is 0 Å². The third-order valence-corrected chi connectivity index (χ3v) is 2.45. The maximum atomic E-state index is 11.5. The molecule has 0 fully saturated rings. The molecule has 0 saturated carbocycles. The Hall–Kier alpha value is -1.82. The Morgan fingerprint density at radius 1 is 1.44 bits per heavy atom. The first-order valence-corrected chi connectivity index (χ1v) is 5.91. The summed E-state index contributed by atoms with van der Waals surface area (Å²) in [4.78, 5) is 22.4. The van der Waals surface area contributed by atoms with Crippen LogP contribution in [-0.2, 0) is 0 Å². The van der Waals surface area contributed by atoms with Crippen molar-refractivity contribution >= 4 is 33.6 Å². The fourth-order valence-corrected chi connectivity index (χ4v) is 1.42. The molecule has 1 rings (SSSR count). The van der Waals surface area contributed by atoms with Gasteiger partial charge < -0.3 is 15.7 Å². The number of carboxylic acids is 1. The zero-order valence-electron chi connectivity index (χ0n) is 9.79. The van der Waals surface area contributed by atoms with E-state index >= 15 is 0 Å². The number of nitrogens with one attached hydrogen (secondary N) is 2. The highest BCUT2D eigenvalue weighted by Crippen LogP contribution is 2.15. The lowest BCUT2D eigenvalue weighted by Crippen LogP contribution is -2.29. The number of benzene rings is 1. The van der Waals surface area contributed by atoms with Gasteiger partial charge in [0.05, 0.1) is 12.1 Å².